The van der Waals surface area contributed by atoms with Crippen LogP contribution in [0.4, 0.5) is 0 Å². The van der Waals surface area contributed by atoms with Gasteiger partial charge < -0.3 is 4.74 Å². The topological polar surface area (TPSA) is 29.5 Å². The number of fused-ring (bicyclic) bond motifs is 2. The minimum Gasteiger partial charge on any atom is -0.469 e. The average molecular weight is 294 g/mol. The number of benzene rings is 1. The van der Waals surface area contributed by atoms with Crippen molar-refractivity contribution < 1.29 is 9.53 Å². The number of methoxy groups -OCH3 is 1. The van der Waals surface area contributed by atoms with Crippen molar-refractivity contribution in [2.24, 2.45) is 5.92 Å². The molecule has 0 amide bonds. The van der Waals surface area contributed by atoms with Crippen molar-refractivity contribution in [1.29, 1.82) is 0 Å². The maximum atomic E-state index is 12.3. The summed E-state index contributed by atoms with van der Waals surface area (Å²) in [6, 6.07) is 8.81. The van der Waals surface area contributed by atoms with Gasteiger partial charge in [-0.25, -0.2) is 0 Å². The molecule has 2 bridgehead atoms. The molecule has 0 radical (unpaired) electrons. The van der Waals surface area contributed by atoms with E-state index in [1.165, 1.54) is 19.1 Å². The first-order valence-electron chi connectivity index (χ1n) is 7.17. The third kappa shape index (κ3) is 2.23. The highest BCUT2D eigenvalue weighted by molar-refractivity contribution is 6.30. The second-order valence-electron chi connectivity index (χ2n) is 5.91. The van der Waals surface area contributed by atoms with Crippen LogP contribution in [0.3, 0.4) is 0 Å². The molecule has 0 aliphatic carbocycles. The fraction of sp³-hybridized carbons (Fsp3) is 0.562. The summed E-state index contributed by atoms with van der Waals surface area (Å²) in [6.07, 6.45) is 3.29. The molecule has 0 spiro atoms. The number of carbonyl (C=O) groups excluding carboxylic acids is 1. The molecule has 3 nitrogen and oxygen atoms in total. The Labute approximate surface area is 124 Å². The van der Waals surface area contributed by atoms with Gasteiger partial charge in [0.2, 0.25) is 0 Å². The third-order valence-corrected chi connectivity index (χ3v) is 5.29. The molecule has 2 aliphatic rings. The fourth-order valence-corrected chi connectivity index (χ4v) is 4.10. The lowest BCUT2D eigenvalue weighted by atomic mass is 9.76. The molecule has 0 N–H and O–H groups in total. The number of halogens is 1. The van der Waals surface area contributed by atoms with E-state index < -0.39 is 0 Å². The van der Waals surface area contributed by atoms with Crippen LogP contribution in [0.15, 0.2) is 24.3 Å². The molecule has 2 heterocycles. The molecule has 2 saturated heterocycles. The number of esters is 1. The maximum Gasteiger partial charge on any atom is 0.310 e. The minimum atomic E-state index is -0.0813. The summed E-state index contributed by atoms with van der Waals surface area (Å²) in [6.45, 7) is 0. The first kappa shape index (κ1) is 13.9. The molecule has 1 aromatic rings. The van der Waals surface area contributed by atoms with Crippen molar-refractivity contribution in [3.63, 3.8) is 0 Å². The van der Waals surface area contributed by atoms with Gasteiger partial charge in [0.15, 0.2) is 0 Å². The summed E-state index contributed by atoms with van der Waals surface area (Å²) in [5.74, 6) is 0.0977. The highest BCUT2D eigenvalue weighted by Gasteiger charge is 2.49. The standard InChI is InChI=1S/C16H20ClNO2/c1-18-12-7-8-14(18)15(16(19)20-2)13(9-12)10-3-5-11(17)6-4-10/h3-6,12-15H,7-9H2,1-2H3/t12-,13-,14+,15+/m1/s1. The van der Waals surface area contributed by atoms with Crippen LogP contribution in [-0.4, -0.2) is 37.1 Å². The number of piperidine rings is 1. The largest absolute Gasteiger partial charge is 0.469 e. The number of hydrogen-bond acceptors (Lipinski definition) is 3. The lowest BCUT2D eigenvalue weighted by Crippen LogP contribution is -2.49. The van der Waals surface area contributed by atoms with Gasteiger partial charge in [0.05, 0.1) is 13.0 Å². The molecule has 2 fully saturated rings. The van der Waals surface area contributed by atoms with Gasteiger partial charge in [0.25, 0.3) is 0 Å². The smallest absolute Gasteiger partial charge is 0.310 e. The maximum absolute atomic E-state index is 12.3. The zero-order valence-corrected chi connectivity index (χ0v) is 12.6. The lowest BCUT2D eigenvalue weighted by molar-refractivity contribution is -0.150. The van der Waals surface area contributed by atoms with Crippen molar-refractivity contribution in [3.8, 4) is 0 Å². The zero-order chi connectivity index (χ0) is 14.3. The normalized spacial score (nSPS) is 33.1. The van der Waals surface area contributed by atoms with E-state index in [1.807, 2.05) is 24.3 Å². The number of rotatable bonds is 2. The molecular weight excluding hydrogens is 274 g/mol. The van der Waals surface area contributed by atoms with E-state index in [0.717, 1.165) is 17.9 Å². The van der Waals surface area contributed by atoms with Gasteiger partial charge in [-0.15, -0.1) is 0 Å². The van der Waals surface area contributed by atoms with Gasteiger partial charge in [-0.3, -0.25) is 9.69 Å². The van der Waals surface area contributed by atoms with Gasteiger partial charge in [-0.2, -0.15) is 0 Å². The first-order chi connectivity index (χ1) is 9.61. The molecule has 4 atom stereocenters. The Morgan fingerprint density at radius 3 is 2.65 bits per heavy atom. The average Bonchev–Trinajstić information content (AvgIpc) is 2.70. The molecule has 3 rings (SSSR count). The van der Waals surface area contributed by atoms with Crippen LogP contribution in [0.1, 0.15) is 30.7 Å². The van der Waals surface area contributed by atoms with Crippen LogP contribution in [0, 0.1) is 5.92 Å². The second-order valence-corrected chi connectivity index (χ2v) is 6.34. The number of hydrogen-bond donors (Lipinski definition) is 0. The Balaban J connectivity index is 1.95. The summed E-state index contributed by atoms with van der Waals surface area (Å²) in [5.41, 5.74) is 1.20. The Morgan fingerprint density at radius 1 is 1.30 bits per heavy atom. The summed E-state index contributed by atoms with van der Waals surface area (Å²) >= 11 is 5.97. The highest BCUT2D eigenvalue weighted by atomic mass is 35.5. The van der Waals surface area contributed by atoms with E-state index in [9.17, 15) is 4.79 Å². The Morgan fingerprint density at radius 2 is 2.00 bits per heavy atom. The van der Waals surface area contributed by atoms with Gasteiger partial charge >= 0.3 is 5.97 Å². The number of nitrogens with zero attached hydrogens (tertiary/aromatic N) is 1. The SMILES string of the molecule is COC(=O)[C@H]1[C@@H](c2ccc(Cl)cc2)C[C@H]2CC[C@@H]1N2C. The molecule has 20 heavy (non-hydrogen) atoms. The monoisotopic (exact) mass is 293 g/mol. The van der Waals surface area contributed by atoms with Crippen molar-refractivity contribution in [2.45, 2.75) is 37.3 Å². The second kappa shape index (κ2) is 5.38. The van der Waals surface area contributed by atoms with E-state index in [0.29, 0.717) is 12.1 Å². The molecule has 2 aliphatic heterocycles. The summed E-state index contributed by atoms with van der Waals surface area (Å²) < 4.78 is 5.07. The van der Waals surface area contributed by atoms with E-state index >= 15 is 0 Å². The van der Waals surface area contributed by atoms with Crippen molar-refractivity contribution >= 4 is 17.6 Å². The molecule has 4 heteroatoms. The van der Waals surface area contributed by atoms with Crippen molar-refractivity contribution in [3.05, 3.63) is 34.9 Å². The van der Waals surface area contributed by atoms with Gasteiger partial charge in [-0.05, 0) is 44.0 Å². The zero-order valence-electron chi connectivity index (χ0n) is 11.9. The van der Waals surface area contributed by atoms with Crippen LogP contribution in [0.25, 0.3) is 0 Å². The van der Waals surface area contributed by atoms with E-state index in [2.05, 4.69) is 11.9 Å². The minimum absolute atomic E-state index is 0.0649. The molecule has 0 unspecified atom stereocenters. The fourth-order valence-electron chi connectivity index (χ4n) is 3.98. The Hall–Kier alpha value is -1.06. The number of ether oxygens (including phenoxy) is 1. The Bertz CT molecular complexity index is 502. The first-order valence-corrected chi connectivity index (χ1v) is 7.55. The predicted octanol–water partition coefficient (Wildman–Crippen LogP) is 3.08. The van der Waals surface area contributed by atoms with Crippen LogP contribution >= 0.6 is 11.6 Å². The molecule has 108 valence electrons. The molecular formula is C16H20ClNO2. The van der Waals surface area contributed by atoms with E-state index in [-0.39, 0.29) is 17.8 Å². The van der Waals surface area contributed by atoms with Crippen LogP contribution in [0.2, 0.25) is 5.02 Å². The predicted molar refractivity (Wildman–Crippen MR) is 78.9 cm³/mol. The highest BCUT2D eigenvalue weighted by Crippen LogP contribution is 2.46. The summed E-state index contributed by atoms with van der Waals surface area (Å²) in [7, 11) is 3.62. The van der Waals surface area contributed by atoms with E-state index in [1.54, 1.807) is 0 Å². The lowest BCUT2D eigenvalue weighted by Gasteiger charge is -2.41. The molecule has 0 saturated carbocycles. The van der Waals surface area contributed by atoms with Crippen molar-refractivity contribution in [1.82, 2.24) is 4.90 Å². The van der Waals surface area contributed by atoms with Crippen LogP contribution < -0.4 is 0 Å². The summed E-state index contributed by atoms with van der Waals surface area (Å²) in [4.78, 5) is 14.6. The Kier molecular flexibility index (Phi) is 3.74. The van der Waals surface area contributed by atoms with Crippen molar-refractivity contribution in [2.75, 3.05) is 14.2 Å². The molecule has 0 aromatic heterocycles. The summed E-state index contributed by atoms with van der Waals surface area (Å²) in [5, 5.41) is 0.735. The van der Waals surface area contributed by atoms with Gasteiger partial charge in [-0.1, -0.05) is 23.7 Å². The molecule has 1 aromatic carbocycles. The quantitative estimate of drug-likeness (QED) is 0.785. The van der Waals surface area contributed by atoms with Crippen LogP contribution in [-0.2, 0) is 9.53 Å². The van der Waals surface area contributed by atoms with Gasteiger partial charge in [0, 0.05) is 23.0 Å². The number of carbonyl (C=O) groups is 1. The third-order valence-electron chi connectivity index (χ3n) is 5.04. The van der Waals surface area contributed by atoms with Crippen LogP contribution in [0.5, 0.6) is 0 Å². The van der Waals surface area contributed by atoms with Gasteiger partial charge in [0.1, 0.15) is 0 Å². The van der Waals surface area contributed by atoms with E-state index in [4.69, 9.17) is 16.3 Å².